The monoisotopic (exact) mass is 756 g/mol. The van der Waals surface area contributed by atoms with Gasteiger partial charge in [-0.2, -0.15) is 15.2 Å². The van der Waals surface area contributed by atoms with Gasteiger partial charge in [0.05, 0.1) is 13.0 Å². The van der Waals surface area contributed by atoms with Gasteiger partial charge in [0.1, 0.15) is 17.7 Å². The van der Waals surface area contributed by atoms with E-state index >= 15 is 4.39 Å². The summed E-state index contributed by atoms with van der Waals surface area (Å²) in [5.74, 6) is -2.06. The van der Waals surface area contributed by atoms with E-state index in [0.717, 1.165) is 49.7 Å². The van der Waals surface area contributed by atoms with Gasteiger partial charge in [-0.05, 0) is 93.6 Å². The number of nitrogens with zero attached hydrogens (tertiary/aromatic N) is 6. The lowest BCUT2D eigenvalue weighted by Gasteiger charge is -2.29. The Balaban J connectivity index is 1.24. The molecule has 0 atom stereocenters. The molecule has 55 heavy (non-hydrogen) atoms. The Kier molecular flexibility index (Phi) is 14.1. The van der Waals surface area contributed by atoms with Gasteiger partial charge in [0.15, 0.2) is 11.6 Å². The fraction of sp³-hybridized carbons (Fsp3) is 0.333. The van der Waals surface area contributed by atoms with Crippen molar-refractivity contribution in [2.24, 2.45) is 10.8 Å². The molecule has 3 heterocycles. The van der Waals surface area contributed by atoms with Crippen molar-refractivity contribution in [3.8, 4) is 11.6 Å². The molecule has 1 aliphatic rings. The van der Waals surface area contributed by atoms with E-state index in [0.29, 0.717) is 42.6 Å². The number of urea groups is 1. The Bertz CT molecular complexity index is 2030. The largest absolute Gasteiger partial charge is 0.434 e. The SMILES string of the molecule is C=NN(/C=C\C)CC(=C)C(=O)NCCCCc1cc(CN2CCC(N)CC2)c2c(Oc3ccc(NC(=O)NC(=O)Cc4ccc(F)cc4)cc3F)ncnn12. The summed E-state index contributed by atoms with van der Waals surface area (Å²) >= 11 is 0. The lowest BCUT2D eigenvalue weighted by atomic mass is 10.1. The molecule has 1 aliphatic heterocycles. The number of likely N-dealkylation sites (tertiary alicyclic amines) is 1. The quantitative estimate of drug-likeness (QED) is 0.0498. The zero-order chi connectivity index (χ0) is 39.3. The van der Waals surface area contributed by atoms with Crippen LogP contribution in [0.15, 0.2) is 84.4 Å². The number of piperidine rings is 1. The number of anilines is 1. The van der Waals surface area contributed by atoms with Crippen LogP contribution in [0.25, 0.3) is 5.52 Å². The van der Waals surface area contributed by atoms with Gasteiger partial charge in [-0.25, -0.2) is 18.1 Å². The molecule has 1 saturated heterocycles. The lowest BCUT2D eigenvalue weighted by Crippen LogP contribution is -2.39. The van der Waals surface area contributed by atoms with Crippen LogP contribution < -0.4 is 26.4 Å². The van der Waals surface area contributed by atoms with Crippen LogP contribution in [0, 0.1) is 11.6 Å². The minimum absolute atomic E-state index is 0.0867. The van der Waals surface area contributed by atoms with Crippen molar-refractivity contribution in [2.75, 3.05) is 31.5 Å². The Hall–Kier alpha value is -6.00. The molecule has 16 heteroatoms. The van der Waals surface area contributed by atoms with Crippen LogP contribution >= 0.6 is 0 Å². The van der Waals surface area contributed by atoms with Crippen molar-refractivity contribution >= 4 is 35.8 Å². The molecule has 0 aliphatic carbocycles. The highest BCUT2D eigenvalue weighted by Gasteiger charge is 2.22. The third kappa shape index (κ3) is 11.5. The van der Waals surface area contributed by atoms with Gasteiger partial charge < -0.3 is 21.1 Å². The van der Waals surface area contributed by atoms with Crippen molar-refractivity contribution in [1.29, 1.82) is 0 Å². The van der Waals surface area contributed by atoms with Gasteiger partial charge in [0.2, 0.25) is 17.7 Å². The third-order valence-corrected chi connectivity index (χ3v) is 8.95. The summed E-state index contributed by atoms with van der Waals surface area (Å²) in [6.45, 7) is 12.1. The molecule has 1 fully saturated rings. The molecular weight excluding hydrogens is 710 g/mol. The fourth-order valence-electron chi connectivity index (χ4n) is 6.12. The highest BCUT2D eigenvalue weighted by Crippen LogP contribution is 2.32. The number of rotatable bonds is 17. The van der Waals surface area contributed by atoms with Crippen molar-refractivity contribution in [1.82, 2.24) is 35.1 Å². The average molecular weight is 757 g/mol. The minimum Gasteiger partial charge on any atom is -0.434 e. The molecule has 0 saturated carbocycles. The summed E-state index contributed by atoms with van der Waals surface area (Å²) in [6, 6.07) is 10.6. The molecule has 0 bridgehead atoms. The van der Waals surface area contributed by atoms with E-state index in [4.69, 9.17) is 10.5 Å². The number of carbonyl (C=O) groups excluding carboxylic acids is 3. The van der Waals surface area contributed by atoms with E-state index in [1.165, 1.54) is 47.7 Å². The molecule has 14 nitrogen and oxygen atoms in total. The molecule has 290 valence electrons. The van der Waals surface area contributed by atoms with Crippen molar-refractivity contribution in [2.45, 2.75) is 58.0 Å². The van der Waals surface area contributed by atoms with Gasteiger partial charge >= 0.3 is 6.03 Å². The van der Waals surface area contributed by atoms with E-state index in [1.54, 1.807) is 16.8 Å². The number of nitrogens with one attached hydrogen (secondary N) is 3. The van der Waals surface area contributed by atoms with Crippen LogP contribution in [0.2, 0.25) is 0 Å². The predicted octanol–water partition coefficient (Wildman–Crippen LogP) is 5.06. The number of fused-ring (bicyclic) bond motifs is 1. The maximum Gasteiger partial charge on any atom is 0.325 e. The number of nitrogens with two attached hydrogens (primary N) is 1. The summed E-state index contributed by atoms with van der Waals surface area (Å²) in [7, 11) is 0. The second-order valence-corrected chi connectivity index (χ2v) is 13.2. The number of benzene rings is 2. The summed E-state index contributed by atoms with van der Waals surface area (Å²) < 4.78 is 36.4. The Morgan fingerprint density at radius 2 is 1.87 bits per heavy atom. The first-order valence-electron chi connectivity index (χ1n) is 18.0. The number of allylic oxidation sites excluding steroid dienone is 1. The molecule has 0 spiro atoms. The van der Waals surface area contributed by atoms with Crippen LogP contribution in [-0.2, 0) is 29.0 Å². The van der Waals surface area contributed by atoms with Crippen LogP contribution in [-0.4, -0.2) is 81.3 Å². The maximum absolute atomic E-state index is 15.4. The summed E-state index contributed by atoms with van der Waals surface area (Å²) in [5, 5.41) is 17.4. The minimum atomic E-state index is -0.855. The number of hydrogen-bond acceptors (Lipinski definition) is 10. The number of hydrogen-bond donors (Lipinski definition) is 4. The van der Waals surface area contributed by atoms with E-state index < -0.39 is 23.6 Å². The normalized spacial score (nSPS) is 13.5. The summed E-state index contributed by atoms with van der Waals surface area (Å²) in [5.41, 5.74) is 9.54. The van der Waals surface area contributed by atoms with Gasteiger partial charge in [-0.15, -0.1) is 0 Å². The highest BCUT2D eigenvalue weighted by atomic mass is 19.1. The number of hydrazone groups is 1. The van der Waals surface area contributed by atoms with Gasteiger partial charge in [0.25, 0.3) is 0 Å². The summed E-state index contributed by atoms with van der Waals surface area (Å²) in [6.07, 6.45) is 8.54. The van der Waals surface area contributed by atoms with Crippen molar-refractivity contribution in [3.05, 3.63) is 108 Å². The van der Waals surface area contributed by atoms with E-state index in [9.17, 15) is 18.8 Å². The smallest absolute Gasteiger partial charge is 0.325 e. The molecule has 4 amide bonds. The Labute approximate surface area is 318 Å². The number of imide groups is 1. The third-order valence-electron chi connectivity index (χ3n) is 8.95. The predicted molar refractivity (Wildman–Crippen MR) is 205 cm³/mol. The molecule has 2 aromatic heterocycles. The number of aromatic nitrogens is 3. The lowest BCUT2D eigenvalue weighted by molar-refractivity contribution is -0.119. The number of aryl methyl sites for hydroxylation is 1. The number of halogens is 2. The molecule has 2 aromatic carbocycles. The van der Waals surface area contributed by atoms with Gasteiger partial charge in [0, 0.05) is 55.1 Å². The number of unbranched alkanes of at least 4 members (excludes halogenated alkanes) is 1. The first-order chi connectivity index (χ1) is 26.5. The zero-order valence-corrected chi connectivity index (χ0v) is 30.8. The van der Waals surface area contributed by atoms with Crippen LogP contribution in [0.3, 0.4) is 0 Å². The van der Waals surface area contributed by atoms with Crippen molar-refractivity contribution < 1.29 is 27.9 Å². The number of ether oxygens (including phenoxy) is 1. The van der Waals surface area contributed by atoms with Crippen molar-refractivity contribution in [3.63, 3.8) is 0 Å². The molecule has 5 N–H and O–H groups in total. The maximum atomic E-state index is 15.4. The Morgan fingerprint density at radius 1 is 1.11 bits per heavy atom. The number of carbonyl (C=O) groups is 3. The number of amides is 4. The molecule has 4 aromatic rings. The second kappa shape index (κ2) is 19.4. The first kappa shape index (κ1) is 40.2. The van der Waals surface area contributed by atoms with E-state index in [2.05, 4.69) is 55.4 Å². The van der Waals surface area contributed by atoms with E-state index in [-0.39, 0.29) is 42.2 Å². The standard InChI is InChI=1S/C39H46F2N10O4/c1-4-17-50(43-3)23-26(2)37(53)44-16-6-5-7-32-21-28(24-49-18-14-30(42)15-19-49)36-38(45-25-46-51(32)36)55-34-13-12-31(22-33(34)41)47-39(54)48-35(52)20-27-8-10-29(40)11-9-27/h4,8-13,17,21-22,25,30H,2-3,5-7,14-16,18-20,23-24,42H2,1H3,(H,44,53)(H2,47,48,52,54)/b17-4-. The second-order valence-electron chi connectivity index (χ2n) is 13.2. The molecule has 0 radical (unpaired) electrons. The first-order valence-corrected chi connectivity index (χ1v) is 18.0. The van der Waals surface area contributed by atoms with Crippen LogP contribution in [0.4, 0.5) is 19.3 Å². The van der Waals surface area contributed by atoms with Gasteiger partial charge in [-0.3, -0.25) is 24.8 Å². The van der Waals surface area contributed by atoms with E-state index in [1.807, 2.05) is 6.92 Å². The molecular formula is C39H46F2N10O4. The fourth-order valence-corrected chi connectivity index (χ4v) is 6.12. The zero-order valence-electron chi connectivity index (χ0n) is 30.8. The topological polar surface area (TPSA) is 172 Å². The van der Waals surface area contributed by atoms with Crippen LogP contribution in [0.1, 0.15) is 49.4 Å². The Morgan fingerprint density at radius 3 is 2.58 bits per heavy atom. The highest BCUT2D eigenvalue weighted by molar-refractivity contribution is 6.01. The molecule has 0 unspecified atom stereocenters. The average Bonchev–Trinajstić information content (AvgIpc) is 3.51. The summed E-state index contributed by atoms with van der Waals surface area (Å²) in [4.78, 5) is 44.0. The molecule has 5 rings (SSSR count). The van der Waals surface area contributed by atoms with Crippen LogP contribution in [0.5, 0.6) is 11.6 Å². The van der Waals surface area contributed by atoms with Gasteiger partial charge in [-0.1, -0.05) is 24.8 Å².